The Morgan fingerprint density at radius 2 is 2.33 bits per heavy atom. The van der Waals surface area contributed by atoms with Crippen LogP contribution in [0.2, 0.25) is 0 Å². The van der Waals surface area contributed by atoms with Crippen LogP contribution < -0.4 is 5.32 Å². The second-order valence-electron chi connectivity index (χ2n) is 2.50. The number of pyridine rings is 1. The van der Waals surface area contributed by atoms with Gasteiger partial charge in [0, 0.05) is 6.92 Å². The van der Waals surface area contributed by atoms with E-state index in [2.05, 4.69) is 10.3 Å². The lowest BCUT2D eigenvalue weighted by atomic mass is 10.2. The number of hydrogen-bond acceptors (Lipinski definition) is 2. The number of carbonyl (C=O) groups excluding carboxylic acids is 1. The molecule has 0 bridgehead atoms. The molecule has 1 aromatic heterocycles. The molecule has 1 N–H and O–H groups in total. The fourth-order valence-electron chi connectivity index (χ4n) is 0.842. The summed E-state index contributed by atoms with van der Waals surface area (Å²) in [7, 11) is 0. The van der Waals surface area contributed by atoms with E-state index in [0.29, 0.717) is 11.3 Å². The van der Waals surface area contributed by atoms with Crippen molar-refractivity contribution in [1.82, 2.24) is 4.98 Å². The SMILES string of the molecule is CC(=O)Nc1cnc(F)cc1C. The number of halogens is 1. The Kier molecular flexibility index (Phi) is 2.38. The second kappa shape index (κ2) is 3.30. The summed E-state index contributed by atoms with van der Waals surface area (Å²) < 4.78 is 12.5. The van der Waals surface area contributed by atoms with Gasteiger partial charge < -0.3 is 5.32 Å². The van der Waals surface area contributed by atoms with Crippen LogP contribution in [0.4, 0.5) is 10.1 Å². The summed E-state index contributed by atoms with van der Waals surface area (Å²) in [6, 6.07) is 1.27. The highest BCUT2D eigenvalue weighted by molar-refractivity contribution is 5.89. The predicted octanol–water partition coefficient (Wildman–Crippen LogP) is 1.49. The number of amides is 1. The zero-order valence-corrected chi connectivity index (χ0v) is 6.89. The zero-order valence-electron chi connectivity index (χ0n) is 6.89. The smallest absolute Gasteiger partial charge is 0.221 e. The van der Waals surface area contributed by atoms with Crippen molar-refractivity contribution < 1.29 is 9.18 Å². The number of aromatic nitrogens is 1. The quantitative estimate of drug-likeness (QED) is 0.645. The summed E-state index contributed by atoms with van der Waals surface area (Å²) in [4.78, 5) is 14.0. The van der Waals surface area contributed by atoms with Crippen molar-refractivity contribution in [2.24, 2.45) is 0 Å². The topological polar surface area (TPSA) is 42.0 Å². The van der Waals surface area contributed by atoms with Crippen LogP contribution in [0.15, 0.2) is 12.3 Å². The Morgan fingerprint density at radius 1 is 1.67 bits per heavy atom. The molecule has 0 radical (unpaired) electrons. The van der Waals surface area contributed by atoms with Gasteiger partial charge >= 0.3 is 0 Å². The van der Waals surface area contributed by atoms with E-state index < -0.39 is 5.95 Å². The molecule has 0 unspecified atom stereocenters. The van der Waals surface area contributed by atoms with Crippen LogP contribution in [-0.4, -0.2) is 10.9 Å². The highest BCUT2D eigenvalue weighted by Crippen LogP contribution is 2.12. The third kappa shape index (κ3) is 2.02. The van der Waals surface area contributed by atoms with Crippen molar-refractivity contribution in [2.75, 3.05) is 5.32 Å². The number of hydrogen-bond donors (Lipinski definition) is 1. The molecule has 0 spiro atoms. The molecule has 1 rings (SSSR count). The first-order valence-electron chi connectivity index (χ1n) is 3.49. The van der Waals surface area contributed by atoms with Gasteiger partial charge in [0.25, 0.3) is 0 Å². The van der Waals surface area contributed by atoms with E-state index in [4.69, 9.17) is 0 Å². The average Bonchev–Trinajstić information content (AvgIpc) is 1.94. The molecule has 0 saturated carbocycles. The number of nitrogens with zero attached hydrogens (tertiary/aromatic N) is 1. The van der Waals surface area contributed by atoms with Crippen molar-refractivity contribution >= 4 is 11.6 Å². The highest BCUT2D eigenvalue weighted by Gasteiger charge is 2.01. The minimum absolute atomic E-state index is 0.188. The summed E-state index contributed by atoms with van der Waals surface area (Å²) >= 11 is 0. The molecule has 0 aliphatic heterocycles. The molecular weight excluding hydrogens is 159 g/mol. The fourth-order valence-corrected chi connectivity index (χ4v) is 0.842. The van der Waals surface area contributed by atoms with Crippen molar-refractivity contribution in [2.45, 2.75) is 13.8 Å². The molecule has 0 aliphatic rings. The van der Waals surface area contributed by atoms with E-state index in [1.54, 1.807) is 6.92 Å². The minimum Gasteiger partial charge on any atom is -0.325 e. The number of aryl methyl sites for hydroxylation is 1. The first kappa shape index (κ1) is 8.64. The van der Waals surface area contributed by atoms with Gasteiger partial charge in [-0.25, -0.2) is 4.98 Å². The molecule has 0 fully saturated rings. The summed E-state index contributed by atoms with van der Waals surface area (Å²) in [5, 5.41) is 2.53. The second-order valence-corrected chi connectivity index (χ2v) is 2.50. The van der Waals surface area contributed by atoms with E-state index in [9.17, 15) is 9.18 Å². The zero-order chi connectivity index (χ0) is 9.14. The van der Waals surface area contributed by atoms with Crippen LogP contribution >= 0.6 is 0 Å². The Balaban J connectivity index is 2.93. The summed E-state index contributed by atoms with van der Waals surface area (Å²) in [5.74, 6) is -0.729. The molecule has 0 atom stereocenters. The number of anilines is 1. The van der Waals surface area contributed by atoms with Gasteiger partial charge in [0.1, 0.15) is 0 Å². The Labute approximate surface area is 69.6 Å². The lowest BCUT2D eigenvalue weighted by molar-refractivity contribution is -0.114. The molecule has 1 heterocycles. The van der Waals surface area contributed by atoms with Gasteiger partial charge in [-0.2, -0.15) is 4.39 Å². The summed E-state index contributed by atoms with van der Waals surface area (Å²) in [5.41, 5.74) is 1.21. The van der Waals surface area contributed by atoms with Crippen LogP contribution in [0.3, 0.4) is 0 Å². The van der Waals surface area contributed by atoms with Gasteiger partial charge in [-0.15, -0.1) is 0 Å². The van der Waals surface area contributed by atoms with Crippen molar-refractivity contribution in [3.63, 3.8) is 0 Å². The fraction of sp³-hybridized carbons (Fsp3) is 0.250. The van der Waals surface area contributed by atoms with Gasteiger partial charge in [0.05, 0.1) is 11.9 Å². The van der Waals surface area contributed by atoms with Crippen molar-refractivity contribution in [1.29, 1.82) is 0 Å². The van der Waals surface area contributed by atoms with E-state index in [1.165, 1.54) is 19.2 Å². The maximum absolute atomic E-state index is 12.5. The molecule has 0 aromatic carbocycles. The standard InChI is InChI=1S/C8H9FN2O/c1-5-3-8(9)10-4-7(5)11-6(2)12/h3-4H,1-2H3,(H,11,12). The molecule has 1 amide bonds. The van der Waals surface area contributed by atoms with Crippen LogP contribution in [0.5, 0.6) is 0 Å². The monoisotopic (exact) mass is 168 g/mol. The molecule has 64 valence electrons. The van der Waals surface area contributed by atoms with Gasteiger partial charge in [-0.3, -0.25) is 4.79 Å². The van der Waals surface area contributed by atoms with Gasteiger partial charge in [-0.1, -0.05) is 0 Å². The Morgan fingerprint density at radius 3 is 2.83 bits per heavy atom. The van der Waals surface area contributed by atoms with Gasteiger partial charge in [-0.05, 0) is 18.6 Å². The third-order valence-electron chi connectivity index (χ3n) is 1.39. The first-order valence-corrected chi connectivity index (χ1v) is 3.49. The van der Waals surface area contributed by atoms with E-state index in [-0.39, 0.29) is 5.91 Å². The molecule has 1 aromatic rings. The average molecular weight is 168 g/mol. The molecule has 3 nitrogen and oxygen atoms in total. The van der Waals surface area contributed by atoms with Gasteiger partial charge in [0.2, 0.25) is 11.9 Å². The Hall–Kier alpha value is -1.45. The summed E-state index contributed by atoms with van der Waals surface area (Å²) in [6.45, 7) is 3.10. The van der Waals surface area contributed by atoms with Crippen LogP contribution in [0.25, 0.3) is 0 Å². The molecule has 0 saturated heterocycles. The highest BCUT2D eigenvalue weighted by atomic mass is 19.1. The molecule has 12 heavy (non-hydrogen) atoms. The molecule has 0 aliphatic carbocycles. The predicted molar refractivity (Wildman–Crippen MR) is 43.2 cm³/mol. The largest absolute Gasteiger partial charge is 0.325 e. The number of carbonyl (C=O) groups is 1. The van der Waals surface area contributed by atoms with Crippen LogP contribution in [0.1, 0.15) is 12.5 Å². The van der Waals surface area contributed by atoms with E-state index >= 15 is 0 Å². The van der Waals surface area contributed by atoms with E-state index in [1.807, 2.05) is 0 Å². The lowest BCUT2D eigenvalue weighted by Gasteiger charge is -2.04. The van der Waals surface area contributed by atoms with E-state index in [0.717, 1.165) is 0 Å². The maximum Gasteiger partial charge on any atom is 0.221 e. The first-order chi connectivity index (χ1) is 5.59. The third-order valence-corrected chi connectivity index (χ3v) is 1.39. The number of rotatable bonds is 1. The van der Waals surface area contributed by atoms with Gasteiger partial charge in [0.15, 0.2) is 0 Å². The van der Waals surface area contributed by atoms with Crippen molar-refractivity contribution in [3.8, 4) is 0 Å². The maximum atomic E-state index is 12.5. The lowest BCUT2D eigenvalue weighted by Crippen LogP contribution is -2.07. The normalized spacial score (nSPS) is 9.58. The van der Waals surface area contributed by atoms with Crippen molar-refractivity contribution in [3.05, 3.63) is 23.8 Å². The Bertz CT molecular complexity index is 312. The van der Waals surface area contributed by atoms with Crippen LogP contribution in [-0.2, 0) is 4.79 Å². The minimum atomic E-state index is -0.540. The summed E-state index contributed by atoms with van der Waals surface area (Å²) in [6.07, 6.45) is 1.30. The number of nitrogens with one attached hydrogen (secondary N) is 1. The van der Waals surface area contributed by atoms with Crippen LogP contribution in [0, 0.1) is 12.9 Å². The molecular formula is C8H9FN2O. The molecule has 4 heteroatoms.